The van der Waals surface area contributed by atoms with Crippen LogP contribution in [0, 0.1) is 0 Å². The van der Waals surface area contributed by atoms with Gasteiger partial charge in [0, 0.05) is 47.1 Å². The summed E-state index contributed by atoms with van der Waals surface area (Å²) in [7, 11) is 5.23. The summed E-state index contributed by atoms with van der Waals surface area (Å²) in [6.07, 6.45) is 2.13. The van der Waals surface area contributed by atoms with E-state index in [4.69, 9.17) is 22.7 Å². The quantitative estimate of drug-likeness (QED) is 0.588. The molecule has 1 amide bonds. The molecule has 0 spiro atoms. The van der Waals surface area contributed by atoms with Crippen LogP contribution in [0.4, 0.5) is 0 Å². The molecule has 0 aromatic rings. The summed E-state index contributed by atoms with van der Waals surface area (Å²) >= 11 is 4.87. The summed E-state index contributed by atoms with van der Waals surface area (Å²) in [6, 6.07) is 0. The second kappa shape index (κ2) is 10.2. The molecule has 18 heavy (non-hydrogen) atoms. The van der Waals surface area contributed by atoms with E-state index in [1.165, 1.54) is 0 Å². The van der Waals surface area contributed by atoms with Crippen molar-refractivity contribution in [3.63, 3.8) is 0 Å². The van der Waals surface area contributed by atoms with E-state index in [1.807, 2.05) is 0 Å². The van der Waals surface area contributed by atoms with Gasteiger partial charge in [-0.25, -0.2) is 0 Å². The molecule has 0 unspecified atom stereocenters. The van der Waals surface area contributed by atoms with E-state index in [9.17, 15) is 4.79 Å². The lowest BCUT2D eigenvalue weighted by molar-refractivity contribution is -0.128. The molecule has 0 saturated carbocycles. The van der Waals surface area contributed by atoms with Gasteiger partial charge < -0.3 is 20.3 Å². The number of rotatable bonds is 10. The Morgan fingerprint density at radius 2 is 1.89 bits per heavy atom. The molecule has 0 radical (unpaired) electrons. The predicted molar refractivity (Wildman–Crippen MR) is 77.6 cm³/mol. The zero-order chi connectivity index (χ0) is 14.0. The molecule has 0 aromatic heterocycles. The smallest absolute Gasteiger partial charge is 0.222 e. The lowest BCUT2D eigenvalue weighted by Gasteiger charge is -2.21. The number of hydrogen-bond acceptors (Lipinski definition) is 4. The number of carbonyl (C=O) groups is 1. The molecule has 0 aliphatic heterocycles. The van der Waals surface area contributed by atoms with Gasteiger partial charge in [-0.15, -0.1) is 0 Å². The number of carbonyl (C=O) groups excluding carboxylic acids is 1. The van der Waals surface area contributed by atoms with Gasteiger partial charge in [-0.3, -0.25) is 4.79 Å². The Morgan fingerprint density at radius 3 is 2.39 bits per heavy atom. The molecule has 0 heterocycles. The minimum absolute atomic E-state index is 0.163. The first kappa shape index (κ1) is 17.3. The third-order valence-corrected chi connectivity index (χ3v) is 2.85. The first-order chi connectivity index (χ1) is 8.47. The van der Waals surface area contributed by atoms with E-state index in [-0.39, 0.29) is 5.91 Å². The number of ether oxygens (including phenoxy) is 1. The van der Waals surface area contributed by atoms with Crippen LogP contribution in [0.3, 0.4) is 0 Å². The molecule has 0 atom stereocenters. The van der Waals surface area contributed by atoms with Crippen LogP contribution in [0.5, 0.6) is 0 Å². The molecule has 0 saturated heterocycles. The standard InChI is InChI=1S/C12H25N3O2S/c1-14(2)12(16)5-4-7-15(9-10-17-3)8-6-11(13)18/h4-10H2,1-3H3,(H2,13,18). The second-order valence-electron chi connectivity index (χ2n) is 4.44. The number of thiocarbonyl (C=S) groups is 1. The molecular formula is C12H25N3O2S. The Kier molecular flexibility index (Phi) is 9.82. The van der Waals surface area contributed by atoms with Crippen molar-refractivity contribution in [2.75, 3.05) is 47.4 Å². The fraction of sp³-hybridized carbons (Fsp3) is 0.833. The summed E-state index contributed by atoms with van der Waals surface area (Å²) in [4.78, 5) is 15.8. The lowest BCUT2D eigenvalue weighted by Crippen LogP contribution is -2.32. The van der Waals surface area contributed by atoms with Gasteiger partial charge in [0.25, 0.3) is 0 Å². The molecule has 0 aliphatic carbocycles. The van der Waals surface area contributed by atoms with Crippen molar-refractivity contribution >= 4 is 23.1 Å². The lowest BCUT2D eigenvalue weighted by atomic mass is 10.2. The van der Waals surface area contributed by atoms with Crippen molar-refractivity contribution < 1.29 is 9.53 Å². The summed E-state index contributed by atoms with van der Waals surface area (Å²) in [6.45, 7) is 3.22. The summed E-state index contributed by atoms with van der Waals surface area (Å²) in [5, 5.41) is 0. The zero-order valence-electron chi connectivity index (χ0n) is 11.6. The van der Waals surface area contributed by atoms with E-state index in [0.717, 1.165) is 26.1 Å². The average molecular weight is 275 g/mol. The summed E-state index contributed by atoms with van der Waals surface area (Å²) in [5.41, 5.74) is 5.50. The fourth-order valence-corrected chi connectivity index (χ4v) is 1.59. The van der Waals surface area contributed by atoms with E-state index in [0.29, 0.717) is 24.4 Å². The third-order valence-electron chi connectivity index (χ3n) is 2.65. The highest BCUT2D eigenvalue weighted by Crippen LogP contribution is 1.99. The second-order valence-corrected chi connectivity index (χ2v) is 4.97. The number of hydrogen-bond donors (Lipinski definition) is 1. The highest BCUT2D eigenvalue weighted by atomic mass is 32.1. The van der Waals surface area contributed by atoms with E-state index in [1.54, 1.807) is 26.1 Å². The van der Waals surface area contributed by atoms with Crippen molar-refractivity contribution in [1.82, 2.24) is 9.80 Å². The van der Waals surface area contributed by atoms with Gasteiger partial charge in [0.15, 0.2) is 0 Å². The molecule has 5 nitrogen and oxygen atoms in total. The largest absolute Gasteiger partial charge is 0.393 e. The van der Waals surface area contributed by atoms with Crippen LogP contribution in [0.1, 0.15) is 19.3 Å². The predicted octanol–water partition coefficient (Wildman–Crippen LogP) is 0.479. The SMILES string of the molecule is COCCN(CCCC(=O)N(C)C)CCC(N)=S. The molecule has 0 bridgehead atoms. The summed E-state index contributed by atoms with van der Waals surface area (Å²) < 4.78 is 5.06. The normalized spacial score (nSPS) is 10.7. The van der Waals surface area contributed by atoms with Crippen LogP contribution >= 0.6 is 12.2 Å². The van der Waals surface area contributed by atoms with Crippen LogP contribution in [0.2, 0.25) is 0 Å². The molecule has 0 fully saturated rings. The van der Waals surface area contributed by atoms with Crippen molar-refractivity contribution in [3.8, 4) is 0 Å². The van der Waals surface area contributed by atoms with Crippen molar-refractivity contribution in [2.45, 2.75) is 19.3 Å². The van der Waals surface area contributed by atoms with Gasteiger partial charge in [-0.2, -0.15) is 0 Å². The maximum atomic E-state index is 11.4. The van der Waals surface area contributed by atoms with Crippen molar-refractivity contribution in [1.29, 1.82) is 0 Å². The molecule has 0 rings (SSSR count). The Balaban J connectivity index is 3.91. The van der Waals surface area contributed by atoms with Gasteiger partial charge in [0.1, 0.15) is 0 Å². The van der Waals surface area contributed by atoms with Crippen LogP contribution in [-0.2, 0) is 9.53 Å². The highest BCUT2D eigenvalue weighted by molar-refractivity contribution is 7.80. The molecule has 0 aliphatic rings. The van der Waals surface area contributed by atoms with Crippen molar-refractivity contribution in [2.24, 2.45) is 5.73 Å². The van der Waals surface area contributed by atoms with E-state index in [2.05, 4.69) is 4.90 Å². The fourth-order valence-electron chi connectivity index (χ4n) is 1.50. The van der Waals surface area contributed by atoms with Gasteiger partial charge in [0.2, 0.25) is 5.91 Å². The van der Waals surface area contributed by atoms with E-state index >= 15 is 0 Å². The van der Waals surface area contributed by atoms with Crippen LogP contribution in [0.25, 0.3) is 0 Å². The van der Waals surface area contributed by atoms with Crippen LogP contribution < -0.4 is 5.73 Å². The van der Waals surface area contributed by atoms with Gasteiger partial charge in [0.05, 0.1) is 11.6 Å². The monoisotopic (exact) mass is 275 g/mol. The Morgan fingerprint density at radius 1 is 1.22 bits per heavy atom. The molecule has 6 heteroatoms. The Hall–Kier alpha value is -0.720. The first-order valence-electron chi connectivity index (χ1n) is 6.17. The Bertz CT molecular complexity index is 260. The van der Waals surface area contributed by atoms with Crippen LogP contribution in [0.15, 0.2) is 0 Å². The zero-order valence-corrected chi connectivity index (χ0v) is 12.5. The highest BCUT2D eigenvalue weighted by Gasteiger charge is 2.08. The topological polar surface area (TPSA) is 58.8 Å². The van der Waals surface area contributed by atoms with E-state index < -0.39 is 0 Å². The van der Waals surface area contributed by atoms with Gasteiger partial charge in [-0.05, 0) is 13.0 Å². The number of amides is 1. The third kappa shape index (κ3) is 9.32. The Labute approximate surface area is 115 Å². The maximum Gasteiger partial charge on any atom is 0.222 e. The minimum Gasteiger partial charge on any atom is -0.393 e. The molecule has 106 valence electrons. The van der Waals surface area contributed by atoms with Crippen molar-refractivity contribution in [3.05, 3.63) is 0 Å². The number of nitrogens with zero attached hydrogens (tertiary/aromatic N) is 2. The number of nitrogens with two attached hydrogens (primary N) is 1. The summed E-state index contributed by atoms with van der Waals surface area (Å²) in [5.74, 6) is 0.163. The first-order valence-corrected chi connectivity index (χ1v) is 6.58. The minimum atomic E-state index is 0.163. The maximum absolute atomic E-state index is 11.4. The number of methoxy groups -OCH3 is 1. The van der Waals surface area contributed by atoms with Gasteiger partial charge >= 0.3 is 0 Å². The molecular weight excluding hydrogens is 250 g/mol. The van der Waals surface area contributed by atoms with Crippen LogP contribution in [-0.4, -0.2) is 68.1 Å². The molecule has 0 aromatic carbocycles. The van der Waals surface area contributed by atoms with Gasteiger partial charge in [-0.1, -0.05) is 12.2 Å². The molecule has 2 N–H and O–H groups in total. The average Bonchev–Trinajstić information content (AvgIpc) is 2.31.